The van der Waals surface area contributed by atoms with E-state index in [4.69, 9.17) is 4.98 Å². The van der Waals surface area contributed by atoms with E-state index < -0.39 is 0 Å². The lowest BCUT2D eigenvalue weighted by molar-refractivity contribution is 0.362. The SMILES string of the molecule is CCCNC(C)c1ccc(N2CCCC3CCCC32)cn1. The summed E-state index contributed by atoms with van der Waals surface area (Å²) in [6, 6.07) is 5.62. The number of nitrogens with zero attached hydrogens (tertiary/aromatic N) is 2. The Bertz CT molecular complexity index is 442. The van der Waals surface area contributed by atoms with Gasteiger partial charge in [-0.05, 0) is 63.6 Å². The van der Waals surface area contributed by atoms with Gasteiger partial charge in [0.25, 0.3) is 0 Å². The molecule has 0 radical (unpaired) electrons. The monoisotopic (exact) mass is 287 g/mol. The molecule has 1 aromatic rings. The van der Waals surface area contributed by atoms with Crippen molar-refractivity contribution in [2.45, 2.75) is 64.5 Å². The number of hydrogen-bond acceptors (Lipinski definition) is 3. The molecule has 3 rings (SSSR count). The fourth-order valence-electron chi connectivity index (χ4n) is 4.06. The highest BCUT2D eigenvalue weighted by molar-refractivity contribution is 5.47. The summed E-state index contributed by atoms with van der Waals surface area (Å²) in [7, 11) is 0. The van der Waals surface area contributed by atoms with Crippen LogP contribution in [0.2, 0.25) is 0 Å². The summed E-state index contributed by atoms with van der Waals surface area (Å²) in [6.45, 7) is 6.67. The molecule has 1 aromatic heterocycles. The zero-order chi connectivity index (χ0) is 14.7. The largest absolute Gasteiger partial charge is 0.367 e. The van der Waals surface area contributed by atoms with Gasteiger partial charge in [-0.3, -0.25) is 4.98 Å². The standard InChI is InChI=1S/C18H29N3/c1-3-11-19-14(2)17-10-9-16(13-20-17)21-12-5-7-15-6-4-8-18(15)21/h9-10,13-15,18-19H,3-8,11-12H2,1-2H3. The molecular formula is C18H29N3. The topological polar surface area (TPSA) is 28.2 Å². The van der Waals surface area contributed by atoms with Crippen molar-refractivity contribution in [2.24, 2.45) is 5.92 Å². The van der Waals surface area contributed by atoms with Crippen LogP contribution in [0.1, 0.15) is 64.1 Å². The molecule has 2 aliphatic rings. The maximum absolute atomic E-state index is 4.72. The van der Waals surface area contributed by atoms with Crippen molar-refractivity contribution in [3.8, 4) is 0 Å². The molecule has 3 heteroatoms. The number of fused-ring (bicyclic) bond motifs is 1. The lowest BCUT2D eigenvalue weighted by Crippen LogP contribution is -2.42. The van der Waals surface area contributed by atoms with Gasteiger partial charge < -0.3 is 10.2 Å². The second kappa shape index (κ2) is 6.78. The van der Waals surface area contributed by atoms with E-state index in [2.05, 4.69) is 42.4 Å². The quantitative estimate of drug-likeness (QED) is 0.890. The predicted octanol–water partition coefficient (Wildman–Crippen LogP) is 3.91. The Kier molecular flexibility index (Phi) is 4.79. The van der Waals surface area contributed by atoms with Crippen molar-refractivity contribution < 1.29 is 0 Å². The Morgan fingerprint density at radius 2 is 2.14 bits per heavy atom. The van der Waals surface area contributed by atoms with E-state index in [0.29, 0.717) is 6.04 Å². The summed E-state index contributed by atoms with van der Waals surface area (Å²) in [5, 5.41) is 3.51. The molecule has 3 unspecified atom stereocenters. The molecule has 116 valence electrons. The summed E-state index contributed by atoms with van der Waals surface area (Å²) < 4.78 is 0. The molecule has 1 saturated heterocycles. The van der Waals surface area contributed by atoms with Gasteiger partial charge in [-0.15, -0.1) is 0 Å². The van der Waals surface area contributed by atoms with E-state index in [1.54, 1.807) is 0 Å². The molecule has 3 atom stereocenters. The van der Waals surface area contributed by atoms with Crippen LogP contribution < -0.4 is 10.2 Å². The average molecular weight is 287 g/mol. The van der Waals surface area contributed by atoms with Gasteiger partial charge in [-0.1, -0.05) is 13.3 Å². The maximum atomic E-state index is 4.72. The highest BCUT2D eigenvalue weighted by Crippen LogP contribution is 2.38. The van der Waals surface area contributed by atoms with Crippen molar-refractivity contribution in [2.75, 3.05) is 18.0 Å². The van der Waals surface area contributed by atoms with Crippen molar-refractivity contribution in [3.63, 3.8) is 0 Å². The summed E-state index contributed by atoms with van der Waals surface area (Å²) in [5.41, 5.74) is 2.49. The normalized spacial score (nSPS) is 26.7. The van der Waals surface area contributed by atoms with Gasteiger partial charge in [0.1, 0.15) is 0 Å². The summed E-state index contributed by atoms with van der Waals surface area (Å²) >= 11 is 0. The number of rotatable bonds is 5. The summed E-state index contributed by atoms with van der Waals surface area (Å²) in [4.78, 5) is 7.34. The molecule has 2 heterocycles. The van der Waals surface area contributed by atoms with Gasteiger partial charge >= 0.3 is 0 Å². The van der Waals surface area contributed by atoms with Gasteiger partial charge in [-0.25, -0.2) is 0 Å². The Labute approximate surface area is 129 Å². The number of pyridine rings is 1. The Hall–Kier alpha value is -1.09. The first-order valence-corrected chi connectivity index (χ1v) is 8.75. The van der Waals surface area contributed by atoms with Crippen LogP contribution >= 0.6 is 0 Å². The molecule has 1 N–H and O–H groups in total. The van der Waals surface area contributed by atoms with Gasteiger partial charge in [0, 0.05) is 18.6 Å². The molecular weight excluding hydrogens is 258 g/mol. The highest BCUT2D eigenvalue weighted by atomic mass is 15.2. The highest BCUT2D eigenvalue weighted by Gasteiger charge is 2.35. The predicted molar refractivity (Wildman–Crippen MR) is 88.7 cm³/mol. The number of anilines is 1. The van der Waals surface area contributed by atoms with E-state index in [-0.39, 0.29) is 0 Å². The minimum atomic E-state index is 0.347. The van der Waals surface area contributed by atoms with Crippen LogP contribution in [0, 0.1) is 5.92 Å². The van der Waals surface area contributed by atoms with Crippen molar-refractivity contribution in [1.29, 1.82) is 0 Å². The molecule has 21 heavy (non-hydrogen) atoms. The number of piperidine rings is 1. The van der Waals surface area contributed by atoms with E-state index in [1.165, 1.54) is 50.8 Å². The molecule has 1 saturated carbocycles. The van der Waals surface area contributed by atoms with E-state index >= 15 is 0 Å². The molecule has 3 nitrogen and oxygen atoms in total. The molecule has 0 spiro atoms. The summed E-state index contributed by atoms with van der Waals surface area (Å²) in [6.07, 6.45) is 10.3. The molecule has 2 fully saturated rings. The van der Waals surface area contributed by atoms with E-state index in [9.17, 15) is 0 Å². The van der Waals surface area contributed by atoms with Crippen LogP contribution in [-0.4, -0.2) is 24.1 Å². The van der Waals surface area contributed by atoms with Gasteiger partial charge in [0.15, 0.2) is 0 Å². The Balaban J connectivity index is 1.68. The molecule has 0 aromatic carbocycles. The third-order valence-electron chi connectivity index (χ3n) is 5.24. The van der Waals surface area contributed by atoms with Gasteiger partial charge in [0.2, 0.25) is 0 Å². The zero-order valence-electron chi connectivity index (χ0n) is 13.5. The first kappa shape index (κ1) is 14.8. The Morgan fingerprint density at radius 1 is 1.29 bits per heavy atom. The van der Waals surface area contributed by atoms with Crippen LogP contribution in [0.15, 0.2) is 18.3 Å². The average Bonchev–Trinajstić information content (AvgIpc) is 3.01. The van der Waals surface area contributed by atoms with Crippen molar-refractivity contribution >= 4 is 5.69 Å². The zero-order valence-corrected chi connectivity index (χ0v) is 13.5. The number of aromatic nitrogens is 1. The first-order chi connectivity index (χ1) is 10.3. The fraction of sp³-hybridized carbons (Fsp3) is 0.722. The molecule has 0 amide bonds. The number of hydrogen-bond donors (Lipinski definition) is 1. The Morgan fingerprint density at radius 3 is 2.90 bits per heavy atom. The minimum Gasteiger partial charge on any atom is -0.367 e. The van der Waals surface area contributed by atoms with Crippen LogP contribution in [0.25, 0.3) is 0 Å². The smallest absolute Gasteiger partial charge is 0.0572 e. The third-order valence-corrected chi connectivity index (χ3v) is 5.24. The number of nitrogens with one attached hydrogen (secondary N) is 1. The van der Waals surface area contributed by atoms with Gasteiger partial charge in [-0.2, -0.15) is 0 Å². The molecule has 0 bridgehead atoms. The van der Waals surface area contributed by atoms with E-state index in [1.807, 2.05) is 0 Å². The molecule has 1 aliphatic heterocycles. The lowest BCUT2D eigenvalue weighted by atomic mass is 9.91. The fourth-order valence-corrected chi connectivity index (χ4v) is 4.06. The van der Waals surface area contributed by atoms with Crippen molar-refractivity contribution in [1.82, 2.24) is 10.3 Å². The summed E-state index contributed by atoms with van der Waals surface area (Å²) in [5.74, 6) is 0.934. The molecule has 1 aliphatic carbocycles. The van der Waals surface area contributed by atoms with E-state index in [0.717, 1.165) is 24.2 Å². The maximum Gasteiger partial charge on any atom is 0.0572 e. The van der Waals surface area contributed by atoms with Crippen LogP contribution in [0.4, 0.5) is 5.69 Å². The minimum absolute atomic E-state index is 0.347. The third kappa shape index (κ3) is 3.23. The lowest BCUT2D eigenvalue weighted by Gasteiger charge is -2.39. The van der Waals surface area contributed by atoms with Crippen LogP contribution in [-0.2, 0) is 0 Å². The van der Waals surface area contributed by atoms with Crippen LogP contribution in [0.5, 0.6) is 0 Å². The second-order valence-electron chi connectivity index (χ2n) is 6.71. The second-order valence-corrected chi connectivity index (χ2v) is 6.71. The van der Waals surface area contributed by atoms with Crippen molar-refractivity contribution in [3.05, 3.63) is 24.0 Å². The van der Waals surface area contributed by atoms with Crippen LogP contribution in [0.3, 0.4) is 0 Å². The van der Waals surface area contributed by atoms with Gasteiger partial charge in [0.05, 0.1) is 17.6 Å². The first-order valence-electron chi connectivity index (χ1n) is 8.75.